The summed E-state index contributed by atoms with van der Waals surface area (Å²) in [4.78, 5) is 29.2. The van der Waals surface area contributed by atoms with Crippen molar-refractivity contribution in [1.29, 1.82) is 0 Å². The normalized spacial score (nSPS) is 31.5. The molecule has 2 bridgehead atoms. The van der Waals surface area contributed by atoms with Crippen LogP contribution in [0.2, 0.25) is 36.3 Å². The van der Waals surface area contributed by atoms with Crippen molar-refractivity contribution < 1.29 is 27.6 Å². The molecule has 0 radical (unpaired) electrons. The molecule has 0 amide bonds. The van der Waals surface area contributed by atoms with Gasteiger partial charge in [0.15, 0.2) is 17.4 Å². The van der Waals surface area contributed by atoms with Crippen LogP contribution in [0.3, 0.4) is 0 Å². The first-order valence-electron chi connectivity index (χ1n) is 21.7. The molecule has 3 fully saturated rings. The molecule has 0 heterocycles. The summed E-state index contributed by atoms with van der Waals surface area (Å²) < 4.78 is 28.7. The Hall–Kier alpha value is -1.89. The minimum absolute atomic E-state index is 0.0812. The zero-order valence-corrected chi connectivity index (χ0v) is 39.6. The average Bonchev–Trinajstić information content (AvgIpc) is 3.53. The summed E-state index contributed by atoms with van der Waals surface area (Å²) in [6, 6.07) is 24.2. The zero-order chi connectivity index (χ0) is 40.5. The lowest BCUT2D eigenvalue weighted by Crippen LogP contribution is -2.67. The molecule has 6 nitrogen and oxygen atoms in total. The molecule has 3 saturated carbocycles. The first-order valence-corrected chi connectivity index (χ1v) is 28.9. The fourth-order valence-electron chi connectivity index (χ4n) is 11.8. The molecular weight excluding hydrogens is 733 g/mol. The van der Waals surface area contributed by atoms with Gasteiger partial charge in [-0.15, -0.1) is 0 Å². The third-order valence-electron chi connectivity index (χ3n) is 15.5. The number of rotatable bonds is 15. The summed E-state index contributed by atoms with van der Waals surface area (Å²) in [6.45, 7) is 27.9. The summed E-state index contributed by atoms with van der Waals surface area (Å²) in [5.74, 6) is 0.215. The summed E-state index contributed by atoms with van der Waals surface area (Å²) in [5, 5.41) is 1.98. The monoisotopic (exact) mass is 806 g/mol. The van der Waals surface area contributed by atoms with E-state index in [1.54, 1.807) is 0 Å². The summed E-state index contributed by atoms with van der Waals surface area (Å²) in [6.07, 6.45) is 4.41. The highest BCUT2D eigenvalue weighted by Crippen LogP contribution is 2.68. The molecule has 306 valence electrons. The molecule has 0 aromatic heterocycles. The Kier molecular flexibility index (Phi) is 13.8. The van der Waals surface area contributed by atoms with Gasteiger partial charge in [0.25, 0.3) is 8.32 Å². The molecule has 9 heteroatoms. The van der Waals surface area contributed by atoms with Gasteiger partial charge >= 0.3 is 5.97 Å². The second kappa shape index (κ2) is 17.1. The quantitative estimate of drug-likeness (QED) is 0.132. The molecule has 0 saturated heterocycles. The highest BCUT2D eigenvalue weighted by Gasteiger charge is 2.69. The Morgan fingerprint density at radius 3 is 1.93 bits per heavy atom. The SMILES string of the molecule is CC[C@]1(CO[Si](CC)(CC)CC)C[C@@H](OC(=O)CO[Si](c2ccccc2)(c2ccccc2)C(C)(C)C)[C@@]2(C)C3C(=O)CC[C@@]3(CC[C@H]2C)[C@@H](C)[C@@H]1O[SiH](C)C. The van der Waals surface area contributed by atoms with Gasteiger partial charge in [-0.1, -0.05) is 130 Å². The lowest BCUT2D eigenvalue weighted by molar-refractivity contribution is -0.215. The molecule has 0 N–H and O–H groups in total. The van der Waals surface area contributed by atoms with Crippen molar-refractivity contribution in [3.8, 4) is 0 Å². The third kappa shape index (κ3) is 7.85. The first-order chi connectivity index (χ1) is 26.0. The number of hydrogen-bond donors (Lipinski definition) is 0. The number of ether oxygens (including phenoxy) is 1. The van der Waals surface area contributed by atoms with Crippen LogP contribution in [0.5, 0.6) is 0 Å². The topological polar surface area (TPSA) is 71.1 Å². The van der Waals surface area contributed by atoms with Crippen molar-refractivity contribution in [3.63, 3.8) is 0 Å². The van der Waals surface area contributed by atoms with Crippen LogP contribution < -0.4 is 10.4 Å². The van der Waals surface area contributed by atoms with E-state index in [0.29, 0.717) is 25.2 Å². The molecule has 3 aliphatic carbocycles. The van der Waals surface area contributed by atoms with E-state index in [2.05, 4.69) is 131 Å². The second-order valence-corrected chi connectivity index (χ2v) is 30.7. The van der Waals surface area contributed by atoms with Gasteiger partial charge in [0.1, 0.15) is 18.5 Å². The molecule has 2 aromatic rings. The molecule has 0 spiro atoms. The van der Waals surface area contributed by atoms with E-state index < -0.39 is 37.2 Å². The van der Waals surface area contributed by atoms with E-state index in [1.807, 2.05) is 12.1 Å². The average molecular weight is 807 g/mol. The van der Waals surface area contributed by atoms with Crippen molar-refractivity contribution in [2.24, 2.45) is 34.0 Å². The Morgan fingerprint density at radius 1 is 0.873 bits per heavy atom. The van der Waals surface area contributed by atoms with E-state index in [1.165, 1.54) is 0 Å². The van der Waals surface area contributed by atoms with Crippen LogP contribution in [-0.4, -0.2) is 62.8 Å². The molecule has 1 unspecified atom stereocenters. The highest BCUT2D eigenvalue weighted by molar-refractivity contribution is 6.99. The molecule has 8 atom stereocenters. The van der Waals surface area contributed by atoms with Gasteiger partial charge in [-0.05, 0) is 96.0 Å². The predicted molar refractivity (Wildman–Crippen MR) is 234 cm³/mol. The van der Waals surface area contributed by atoms with Crippen molar-refractivity contribution in [3.05, 3.63) is 60.7 Å². The Bertz CT molecular complexity index is 1540. The maximum atomic E-state index is 14.7. The summed E-state index contributed by atoms with van der Waals surface area (Å²) in [5.41, 5.74) is -1.10. The smallest absolute Gasteiger partial charge is 0.331 e. The van der Waals surface area contributed by atoms with E-state index in [0.717, 1.165) is 54.2 Å². The number of esters is 1. The molecule has 5 rings (SSSR count). The van der Waals surface area contributed by atoms with Gasteiger partial charge in [0, 0.05) is 29.8 Å². The van der Waals surface area contributed by atoms with Gasteiger partial charge in [-0.25, -0.2) is 4.79 Å². The van der Waals surface area contributed by atoms with E-state index in [4.69, 9.17) is 18.0 Å². The van der Waals surface area contributed by atoms with Gasteiger partial charge in [0.2, 0.25) is 0 Å². The molecule has 0 aliphatic heterocycles. The Balaban J connectivity index is 1.62. The Morgan fingerprint density at radius 2 is 1.44 bits per heavy atom. The Labute approximate surface area is 338 Å². The van der Waals surface area contributed by atoms with Crippen molar-refractivity contribution in [2.45, 2.75) is 156 Å². The zero-order valence-electron chi connectivity index (χ0n) is 36.5. The van der Waals surface area contributed by atoms with Crippen LogP contribution in [0.4, 0.5) is 0 Å². The number of hydrogen-bond acceptors (Lipinski definition) is 6. The van der Waals surface area contributed by atoms with Crippen LogP contribution in [0, 0.1) is 34.0 Å². The molecule has 3 aliphatic rings. The maximum Gasteiger partial charge on any atom is 0.331 e. The van der Waals surface area contributed by atoms with Crippen LogP contribution in [0.1, 0.15) is 108 Å². The fraction of sp³-hybridized carbons (Fsp3) is 0.696. The first kappa shape index (κ1) is 44.2. The standard InChI is InChI=1S/C46H74O6Si3/c1-13-45(33-50-54(14-2,15-3)16-4)31-39(44(10)34(5)27-29-46(30-28-38(47)41(44)46)35(6)42(45)52-53(11)12)51-40(48)32-49-55(43(7,8)9,36-23-19-17-20-24-36)37-25-21-18-22-26-37/h17-26,34-35,39,41-42,53H,13-16,27-33H2,1-12H3/t34-,35+,39-,41?,42+,44+,45-,46+/m1/s1. The number of ketones is 1. The maximum absolute atomic E-state index is 14.7. The largest absolute Gasteiger partial charge is 0.460 e. The van der Waals surface area contributed by atoms with Gasteiger partial charge < -0.3 is 18.0 Å². The van der Waals surface area contributed by atoms with Crippen molar-refractivity contribution in [2.75, 3.05) is 13.2 Å². The van der Waals surface area contributed by atoms with E-state index in [-0.39, 0.29) is 52.3 Å². The fourth-order valence-corrected chi connectivity index (χ4v) is 20.1. The van der Waals surface area contributed by atoms with Crippen LogP contribution >= 0.6 is 0 Å². The number of Topliss-reactive ketones (excluding diaryl/α,β-unsaturated/α-hetero) is 1. The van der Waals surface area contributed by atoms with Gasteiger partial charge in [-0.3, -0.25) is 4.79 Å². The minimum atomic E-state index is -2.99. The molecular formula is C46H74O6Si3. The van der Waals surface area contributed by atoms with Crippen LogP contribution in [0.15, 0.2) is 60.7 Å². The number of carbonyl (C=O) groups excluding carboxylic acids is 2. The summed E-state index contributed by atoms with van der Waals surface area (Å²) in [7, 11) is -6.50. The predicted octanol–water partition coefficient (Wildman–Crippen LogP) is 9.70. The number of carbonyl (C=O) groups is 2. The number of benzene rings is 2. The van der Waals surface area contributed by atoms with Crippen LogP contribution in [0.25, 0.3) is 0 Å². The minimum Gasteiger partial charge on any atom is -0.460 e. The van der Waals surface area contributed by atoms with Crippen LogP contribution in [-0.2, 0) is 27.6 Å². The lowest BCUT2D eigenvalue weighted by Gasteiger charge is -2.63. The van der Waals surface area contributed by atoms with Crippen molar-refractivity contribution >= 4 is 47.8 Å². The van der Waals surface area contributed by atoms with Gasteiger partial charge in [0.05, 0.1) is 6.10 Å². The van der Waals surface area contributed by atoms with E-state index >= 15 is 0 Å². The third-order valence-corrected chi connectivity index (χ3v) is 26.0. The van der Waals surface area contributed by atoms with E-state index in [9.17, 15) is 9.59 Å². The lowest BCUT2D eigenvalue weighted by atomic mass is 9.43. The highest BCUT2D eigenvalue weighted by atomic mass is 28.4. The van der Waals surface area contributed by atoms with Gasteiger partial charge in [-0.2, -0.15) is 0 Å². The van der Waals surface area contributed by atoms with Crippen molar-refractivity contribution in [1.82, 2.24) is 0 Å². The second-order valence-electron chi connectivity index (χ2n) is 19.2. The molecule has 55 heavy (non-hydrogen) atoms. The summed E-state index contributed by atoms with van der Waals surface area (Å²) >= 11 is 0. The molecule has 2 aromatic carbocycles.